The quantitative estimate of drug-likeness (QED) is 0.769. The third-order valence-electron chi connectivity index (χ3n) is 3.39. The van der Waals surface area contributed by atoms with E-state index in [2.05, 4.69) is 21.8 Å². The van der Waals surface area contributed by atoms with Crippen molar-refractivity contribution in [1.82, 2.24) is 14.2 Å². The molecule has 0 aliphatic carbocycles. The lowest BCUT2D eigenvalue weighted by molar-refractivity contribution is 0.312. The van der Waals surface area contributed by atoms with Crippen molar-refractivity contribution in [2.75, 3.05) is 52.2 Å². The molecule has 1 fully saturated rings. The summed E-state index contributed by atoms with van der Waals surface area (Å²) in [5.74, 6) is 0.723. The molecule has 20 heavy (non-hydrogen) atoms. The summed E-state index contributed by atoms with van der Waals surface area (Å²) in [5, 5.41) is 0.0233. The molecule has 0 N–H and O–H groups in total. The molecule has 0 amide bonds. The summed E-state index contributed by atoms with van der Waals surface area (Å²) >= 11 is 6.05. The van der Waals surface area contributed by atoms with Crippen LogP contribution in [0, 0.1) is 0 Å². The van der Waals surface area contributed by atoms with E-state index < -0.39 is 10.0 Å². The predicted molar refractivity (Wildman–Crippen MR) is 79.8 cm³/mol. The standard InChI is InChI=1S/C12H19ClN4O2S/c1-15(2)20(18,19)10-4-5-11(14-12(10)13)17-8-6-16(3)7-9-17/h4-5H,6-9H2,1-3H3. The van der Waals surface area contributed by atoms with Crippen molar-refractivity contribution in [3.63, 3.8) is 0 Å². The van der Waals surface area contributed by atoms with Gasteiger partial charge in [-0.1, -0.05) is 11.6 Å². The van der Waals surface area contributed by atoms with Crippen LogP contribution in [0.25, 0.3) is 0 Å². The van der Waals surface area contributed by atoms with Crippen molar-refractivity contribution in [2.45, 2.75) is 4.90 Å². The van der Waals surface area contributed by atoms with Crippen molar-refractivity contribution in [2.24, 2.45) is 0 Å². The molecule has 0 unspecified atom stereocenters. The van der Waals surface area contributed by atoms with Gasteiger partial charge in [-0.2, -0.15) is 0 Å². The van der Waals surface area contributed by atoms with E-state index in [1.54, 1.807) is 6.07 Å². The maximum Gasteiger partial charge on any atom is 0.245 e. The average molecular weight is 319 g/mol. The number of pyridine rings is 1. The third kappa shape index (κ3) is 3.06. The summed E-state index contributed by atoms with van der Waals surface area (Å²) < 4.78 is 25.3. The molecule has 0 saturated carbocycles. The zero-order chi connectivity index (χ0) is 14.9. The Hall–Kier alpha value is -0.890. The fourth-order valence-electron chi connectivity index (χ4n) is 2.01. The van der Waals surface area contributed by atoms with Gasteiger partial charge in [0.15, 0.2) is 5.15 Å². The summed E-state index contributed by atoms with van der Waals surface area (Å²) in [6.07, 6.45) is 0. The molecule has 0 radical (unpaired) electrons. The van der Waals surface area contributed by atoms with E-state index in [1.165, 1.54) is 20.2 Å². The van der Waals surface area contributed by atoms with Crippen LogP contribution in [0.2, 0.25) is 5.15 Å². The SMILES string of the molecule is CN1CCN(c2ccc(S(=O)(=O)N(C)C)c(Cl)n2)CC1. The van der Waals surface area contributed by atoms with E-state index in [1.807, 2.05) is 0 Å². The molecule has 8 heteroatoms. The number of likely N-dealkylation sites (N-methyl/N-ethyl adjacent to an activating group) is 1. The van der Waals surface area contributed by atoms with Crippen LogP contribution >= 0.6 is 11.6 Å². The smallest absolute Gasteiger partial charge is 0.245 e. The van der Waals surface area contributed by atoms with E-state index in [-0.39, 0.29) is 10.0 Å². The molecule has 6 nitrogen and oxygen atoms in total. The summed E-state index contributed by atoms with van der Waals surface area (Å²) in [4.78, 5) is 8.63. The van der Waals surface area contributed by atoms with Crippen LogP contribution in [-0.2, 0) is 10.0 Å². The van der Waals surface area contributed by atoms with Crippen molar-refractivity contribution in [1.29, 1.82) is 0 Å². The monoisotopic (exact) mass is 318 g/mol. The van der Waals surface area contributed by atoms with Gasteiger partial charge < -0.3 is 9.80 Å². The Balaban J connectivity index is 2.27. The maximum absolute atomic E-state index is 12.1. The van der Waals surface area contributed by atoms with Crippen LogP contribution < -0.4 is 4.90 Å². The maximum atomic E-state index is 12.1. The minimum absolute atomic E-state index is 0.0233. The molecule has 2 rings (SSSR count). The first-order valence-electron chi connectivity index (χ1n) is 6.35. The number of hydrogen-bond donors (Lipinski definition) is 0. The fourth-order valence-corrected chi connectivity index (χ4v) is 3.35. The van der Waals surface area contributed by atoms with E-state index in [4.69, 9.17) is 11.6 Å². The van der Waals surface area contributed by atoms with Gasteiger partial charge >= 0.3 is 0 Å². The molecule has 0 atom stereocenters. The highest BCUT2D eigenvalue weighted by Gasteiger charge is 2.23. The molecule has 0 spiro atoms. The lowest BCUT2D eigenvalue weighted by Gasteiger charge is -2.33. The highest BCUT2D eigenvalue weighted by molar-refractivity contribution is 7.89. The second-order valence-corrected chi connectivity index (χ2v) is 7.51. The highest BCUT2D eigenvalue weighted by Crippen LogP contribution is 2.25. The van der Waals surface area contributed by atoms with Crippen molar-refractivity contribution in [3.05, 3.63) is 17.3 Å². The molecule has 1 saturated heterocycles. The number of nitrogens with zero attached hydrogens (tertiary/aromatic N) is 4. The molecule has 112 valence electrons. The first-order chi connectivity index (χ1) is 9.32. The lowest BCUT2D eigenvalue weighted by atomic mass is 10.3. The molecule has 0 aromatic carbocycles. The lowest BCUT2D eigenvalue weighted by Crippen LogP contribution is -2.44. The Morgan fingerprint density at radius 3 is 2.30 bits per heavy atom. The normalized spacial score (nSPS) is 17.8. The highest BCUT2D eigenvalue weighted by atomic mass is 35.5. The zero-order valence-corrected chi connectivity index (χ0v) is 13.4. The number of halogens is 1. The Kier molecular flexibility index (Phi) is 4.53. The minimum Gasteiger partial charge on any atom is -0.354 e. The van der Waals surface area contributed by atoms with E-state index in [0.29, 0.717) is 0 Å². The van der Waals surface area contributed by atoms with Gasteiger partial charge in [-0.05, 0) is 19.2 Å². The third-order valence-corrected chi connectivity index (χ3v) is 5.63. The zero-order valence-electron chi connectivity index (χ0n) is 11.9. The van der Waals surface area contributed by atoms with Gasteiger partial charge in [-0.25, -0.2) is 17.7 Å². The summed E-state index contributed by atoms with van der Waals surface area (Å²) in [6.45, 7) is 3.63. The van der Waals surface area contributed by atoms with Gasteiger partial charge in [0.1, 0.15) is 10.7 Å². The molecular weight excluding hydrogens is 300 g/mol. The van der Waals surface area contributed by atoms with Gasteiger partial charge in [0, 0.05) is 40.3 Å². The van der Waals surface area contributed by atoms with Crippen LogP contribution in [0.5, 0.6) is 0 Å². The number of sulfonamides is 1. The summed E-state index contributed by atoms with van der Waals surface area (Å²) in [7, 11) is 1.47. The van der Waals surface area contributed by atoms with Gasteiger partial charge in [-0.3, -0.25) is 0 Å². The van der Waals surface area contributed by atoms with Crippen LogP contribution in [0.4, 0.5) is 5.82 Å². The van der Waals surface area contributed by atoms with Gasteiger partial charge in [-0.15, -0.1) is 0 Å². The van der Waals surface area contributed by atoms with Gasteiger partial charge in [0.05, 0.1) is 0 Å². The molecule has 1 aliphatic heterocycles. The number of hydrogen-bond acceptors (Lipinski definition) is 5. The Bertz CT molecular complexity index is 583. The minimum atomic E-state index is -3.55. The van der Waals surface area contributed by atoms with E-state index >= 15 is 0 Å². The topological polar surface area (TPSA) is 56.8 Å². The van der Waals surface area contributed by atoms with Crippen LogP contribution in [0.1, 0.15) is 0 Å². The number of rotatable bonds is 3. The van der Waals surface area contributed by atoms with Crippen LogP contribution in [0.3, 0.4) is 0 Å². The summed E-state index contributed by atoms with van der Waals surface area (Å²) in [5.41, 5.74) is 0. The Labute approximate surface area is 125 Å². The van der Waals surface area contributed by atoms with E-state index in [9.17, 15) is 8.42 Å². The van der Waals surface area contributed by atoms with Crippen LogP contribution in [0.15, 0.2) is 17.0 Å². The predicted octanol–water partition coefficient (Wildman–Crippen LogP) is 0.737. The van der Waals surface area contributed by atoms with Crippen molar-refractivity contribution < 1.29 is 8.42 Å². The number of aromatic nitrogens is 1. The van der Waals surface area contributed by atoms with Crippen molar-refractivity contribution >= 4 is 27.4 Å². The number of piperazine rings is 1. The molecule has 1 aromatic heterocycles. The summed E-state index contributed by atoms with van der Waals surface area (Å²) in [6, 6.07) is 3.24. The average Bonchev–Trinajstić information content (AvgIpc) is 2.39. The first-order valence-corrected chi connectivity index (χ1v) is 8.17. The Morgan fingerprint density at radius 1 is 1.20 bits per heavy atom. The molecule has 2 heterocycles. The molecular formula is C12H19ClN4O2S. The molecule has 0 bridgehead atoms. The number of anilines is 1. The van der Waals surface area contributed by atoms with Crippen LogP contribution in [-0.4, -0.2) is 69.9 Å². The van der Waals surface area contributed by atoms with Gasteiger partial charge in [0.2, 0.25) is 10.0 Å². The Morgan fingerprint density at radius 2 is 1.80 bits per heavy atom. The molecule has 1 aromatic rings. The van der Waals surface area contributed by atoms with Crippen molar-refractivity contribution in [3.8, 4) is 0 Å². The molecule has 1 aliphatic rings. The van der Waals surface area contributed by atoms with Gasteiger partial charge in [0.25, 0.3) is 0 Å². The van der Waals surface area contributed by atoms with E-state index in [0.717, 1.165) is 36.3 Å². The fraction of sp³-hybridized carbons (Fsp3) is 0.583. The largest absolute Gasteiger partial charge is 0.354 e. The second kappa shape index (κ2) is 5.85. The first kappa shape index (κ1) is 15.5. The second-order valence-electron chi connectivity index (χ2n) is 5.04.